The zero-order valence-electron chi connectivity index (χ0n) is 15.1. The van der Waals surface area contributed by atoms with Crippen LogP contribution in [0.15, 0.2) is 54.6 Å². The molecule has 0 unspecified atom stereocenters. The van der Waals surface area contributed by atoms with Crippen molar-refractivity contribution in [3.05, 3.63) is 65.7 Å². The number of benzene rings is 2. The van der Waals surface area contributed by atoms with Crippen molar-refractivity contribution in [3.63, 3.8) is 0 Å². The molecule has 0 atom stereocenters. The summed E-state index contributed by atoms with van der Waals surface area (Å²) < 4.78 is 0. The van der Waals surface area contributed by atoms with E-state index in [0.29, 0.717) is 5.56 Å². The van der Waals surface area contributed by atoms with Crippen LogP contribution >= 0.6 is 12.2 Å². The number of hydrogen-bond donors (Lipinski definition) is 2. The maximum atomic E-state index is 12.3. The fourth-order valence-corrected chi connectivity index (χ4v) is 3.41. The standard InChI is InChI=1S/C21H25N3OS/c1-2-16-8-10-18(11-9-16)23-21(26)24-14-12-19(13-15-24)22-20(25)17-6-4-3-5-7-17/h3-11,19H,2,12-15H2,1H3,(H,22,25)(H,23,26). The summed E-state index contributed by atoms with van der Waals surface area (Å²) in [4.78, 5) is 14.4. The first kappa shape index (κ1) is 18.4. The molecule has 1 aliphatic rings. The molecular weight excluding hydrogens is 342 g/mol. The summed E-state index contributed by atoms with van der Waals surface area (Å²) in [6.07, 6.45) is 2.83. The molecule has 1 fully saturated rings. The molecule has 136 valence electrons. The lowest BCUT2D eigenvalue weighted by molar-refractivity contribution is 0.0922. The predicted molar refractivity (Wildman–Crippen MR) is 111 cm³/mol. The molecular formula is C21H25N3OS. The van der Waals surface area contributed by atoms with Gasteiger partial charge in [0.25, 0.3) is 5.91 Å². The summed E-state index contributed by atoms with van der Waals surface area (Å²) in [7, 11) is 0. The highest BCUT2D eigenvalue weighted by atomic mass is 32.1. The van der Waals surface area contributed by atoms with Crippen LogP contribution in [0.3, 0.4) is 0 Å². The van der Waals surface area contributed by atoms with E-state index in [2.05, 4.69) is 46.7 Å². The SMILES string of the molecule is CCc1ccc(NC(=S)N2CCC(NC(=O)c3ccccc3)CC2)cc1. The molecule has 1 amide bonds. The summed E-state index contributed by atoms with van der Waals surface area (Å²) in [5.74, 6) is 0.000709. The zero-order chi connectivity index (χ0) is 18.4. The average molecular weight is 368 g/mol. The van der Waals surface area contributed by atoms with Gasteiger partial charge in [-0.15, -0.1) is 0 Å². The Labute approximate surface area is 160 Å². The Morgan fingerprint density at radius 3 is 2.35 bits per heavy atom. The second-order valence-electron chi connectivity index (χ2n) is 6.58. The van der Waals surface area contributed by atoms with E-state index in [1.165, 1.54) is 5.56 Å². The van der Waals surface area contributed by atoms with E-state index in [-0.39, 0.29) is 11.9 Å². The van der Waals surface area contributed by atoms with Gasteiger partial charge < -0.3 is 15.5 Å². The molecule has 0 saturated carbocycles. The van der Waals surface area contributed by atoms with E-state index in [9.17, 15) is 4.79 Å². The molecule has 1 heterocycles. The van der Waals surface area contributed by atoms with Gasteiger partial charge in [-0.25, -0.2) is 0 Å². The van der Waals surface area contributed by atoms with E-state index in [4.69, 9.17) is 12.2 Å². The molecule has 2 N–H and O–H groups in total. The Hall–Kier alpha value is -2.40. The molecule has 0 bridgehead atoms. The molecule has 0 aliphatic carbocycles. The molecule has 1 aliphatic heterocycles. The highest BCUT2D eigenvalue weighted by Crippen LogP contribution is 2.15. The first-order valence-electron chi connectivity index (χ1n) is 9.16. The minimum Gasteiger partial charge on any atom is -0.349 e. The summed E-state index contributed by atoms with van der Waals surface area (Å²) >= 11 is 5.55. The number of piperidine rings is 1. The van der Waals surface area contributed by atoms with Gasteiger partial charge in [0.05, 0.1) is 0 Å². The van der Waals surface area contributed by atoms with E-state index < -0.39 is 0 Å². The van der Waals surface area contributed by atoms with Gasteiger partial charge in [0, 0.05) is 30.4 Å². The Balaban J connectivity index is 1.46. The van der Waals surface area contributed by atoms with E-state index >= 15 is 0 Å². The van der Waals surface area contributed by atoms with E-state index in [1.54, 1.807) is 0 Å². The Bertz CT molecular complexity index is 738. The number of nitrogens with zero attached hydrogens (tertiary/aromatic N) is 1. The van der Waals surface area contributed by atoms with Crippen LogP contribution in [-0.2, 0) is 6.42 Å². The third-order valence-corrected chi connectivity index (χ3v) is 5.13. The molecule has 5 heteroatoms. The summed E-state index contributed by atoms with van der Waals surface area (Å²) in [5, 5.41) is 7.19. The second-order valence-corrected chi connectivity index (χ2v) is 6.97. The molecule has 4 nitrogen and oxygen atoms in total. The fraction of sp³-hybridized carbons (Fsp3) is 0.333. The Morgan fingerprint density at radius 2 is 1.73 bits per heavy atom. The van der Waals surface area contributed by atoms with Crippen LogP contribution in [0.2, 0.25) is 0 Å². The van der Waals surface area contributed by atoms with Gasteiger partial charge in [0.15, 0.2) is 5.11 Å². The summed E-state index contributed by atoms with van der Waals surface area (Å²) in [5.41, 5.74) is 3.05. The van der Waals surface area contributed by atoms with Gasteiger partial charge in [-0.2, -0.15) is 0 Å². The minimum atomic E-state index is 0.000709. The van der Waals surface area contributed by atoms with Crippen molar-refractivity contribution in [1.82, 2.24) is 10.2 Å². The Morgan fingerprint density at radius 1 is 1.08 bits per heavy atom. The monoisotopic (exact) mass is 367 g/mol. The molecule has 1 saturated heterocycles. The lowest BCUT2D eigenvalue weighted by Gasteiger charge is -2.34. The van der Waals surface area contributed by atoms with Crippen molar-refractivity contribution in [2.75, 3.05) is 18.4 Å². The number of carbonyl (C=O) groups excluding carboxylic acids is 1. The smallest absolute Gasteiger partial charge is 0.251 e. The van der Waals surface area contributed by atoms with Crippen molar-refractivity contribution < 1.29 is 4.79 Å². The number of aryl methyl sites for hydroxylation is 1. The lowest BCUT2D eigenvalue weighted by atomic mass is 10.0. The van der Waals surface area contributed by atoms with E-state index in [0.717, 1.165) is 43.2 Å². The highest BCUT2D eigenvalue weighted by Gasteiger charge is 2.22. The molecule has 2 aromatic rings. The van der Waals surface area contributed by atoms with Gasteiger partial charge in [0.2, 0.25) is 0 Å². The predicted octanol–water partition coefficient (Wildman–Crippen LogP) is 3.84. The van der Waals surface area contributed by atoms with Crippen LogP contribution in [0, 0.1) is 0 Å². The van der Waals surface area contributed by atoms with Crippen molar-refractivity contribution >= 4 is 28.9 Å². The van der Waals surface area contributed by atoms with Gasteiger partial charge in [-0.1, -0.05) is 37.3 Å². The molecule has 3 rings (SSSR count). The number of thiocarbonyl (C=S) groups is 1. The number of rotatable bonds is 4. The molecule has 2 aromatic carbocycles. The first-order chi connectivity index (χ1) is 12.7. The van der Waals surface area contributed by atoms with Gasteiger partial charge >= 0.3 is 0 Å². The maximum Gasteiger partial charge on any atom is 0.251 e. The van der Waals surface area contributed by atoms with Crippen LogP contribution in [0.4, 0.5) is 5.69 Å². The molecule has 26 heavy (non-hydrogen) atoms. The third kappa shape index (κ3) is 4.82. The molecule has 0 radical (unpaired) electrons. The number of nitrogens with one attached hydrogen (secondary N) is 2. The zero-order valence-corrected chi connectivity index (χ0v) is 15.9. The molecule has 0 spiro atoms. The topological polar surface area (TPSA) is 44.4 Å². The van der Waals surface area contributed by atoms with Crippen LogP contribution in [-0.4, -0.2) is 35.1 Å². The van der Waals surface area contributed by atoms with Crippen LogP contribution in [0.5, 0.6) is 0 Å². The number of amides is 1. The van der Waals surface area contributed by atoms with Crippen molar-refractivity contribution in [3.8, 4) is 0 Å². The van der Waals surface area contributed by atoms with E-state index in [1.807, 2.05) is 30.3 Å². The third-order valence-electron chi connectivity index (χ3n) is 4.77. The average Bonchev–Trinajstić information content (AvgIpc) is 2.69. The van der Waals surface area contributed by atoms with Crippen LogP contribution in [0.1, 0.15) is 35.7 Å². The quantitative estimate of drug-likeness (QED) is 0.806. The second kappa shape index (κ2) is 8.81. The van der Waals surface area contributed by atoms with Crippen LogP contribution < -0.4 is 10.6 Å². The van der Waals surface area contributed by atoms with Gasteiger partial charge in [-0.05, 0) is 61.3 Å². The number of likely N-dealkylation sites (tertiary alicyclic amines) is 1. The van der Waals surface area contributed by atoms with Gasteiger partial charge in [-0.3, -0.25) is 4.79 Å². The summed E-state index contributed by atoms with van der Waals surface area (Å²) in [6, 6.07) is 17.9. The number of anilines is 1. The maximum absolute atomic E-state index is 12.3. The number of hydrogen-bond acceptors (Lipinski definition) is 2. The van der Waals surface area contributed by atoms with Crippen LogP contribution in [0.25, 0.3) is 0 Å². The van der Waals surface area contributed by atoms with Gasteiger partial charge in [0.1, 0.15) is 0 Å². The highest BCUT2D eigenvalue weighted by molar-refractivity contribution is 7.80. The summed E-state index contributed by atoms with van der Waals surface area (Å²) in [6.45, 7) is 3.84. The fourth-order valence-electron chi connectivity index (χ4n) is 3.11. The lowest BCUT2D eigenvalue weighted by Crippen LogP contribution is -2.47. The number of carbonyl (C=O) groups is 1. The molecule has 0 aromatic heterocycles. The normalized spacial score (nSPS) is 14.7. The van der Waals surface area contributed by atoms with Crippen molar-refractivity contribution in [2.45, 2.75) is 32.2 Å². The minimum absolute atomic E-state index is 0.000709. The first-order valence-corrected chi connectivity index (χ1v) is 9.57. The van der Waals surface area contributed by atoms with Crippen molar-refractivity contribution in [2.24, 2.45) is 0 Å². The van der Waals surface area contributed by atoms with Crippen molar-refractivity contribution in [1.29, 1.82) is 0 Å². The largest absolute Gasteiger partial charge is 0.349 e. The Kier molecular flexibility index (Phi) is 6.23.